The van der Waals surface area contributed by atoms with E-state index in [9.17, 15) is 5.11 Å². The standard InChI is InChI=1S/C15H21ClO3/c1-14(2,18-4)9-15(3)8-12(17)11-7-10(16)5-6-13(11)19-15/h5-7,12,17H,8-9H2,1-4H3. The van der Waals surface area contributed by atoms with Crippen LogP contribution < -0.4 is 4.74 Å². The maximum Gasteiger partial charge on any atom is 0.126 e. The van der Waals surface area contributed by atoms with Gasteiger partial charge in [0.25, 0.3) is 0 Å². The second kappa shape index (κ2) is 4.97. The highest BCUT2D eigenvalue weighted by atomic mass is 35.5. The van der Waals surface area contributed by atoms with Crippen molar-refractivity contribution >= 4 is 11.6 Å². The molecule has 0 saturated carbocycles. The summed E-state index contributed by atoms with van der Waals surface area (Å²) in [4.78, 5) is 0. The Kier molecular flexibility index (Phi) is 3.83. The minimum absolute atomic E-state index is 0.293. The molecule has 19 heavy (non-hydrogen) atoms. The molecule has 1 N–H and O–H groups in total. The number of hydrogen-bond acceptors (Lipinski definition) is 3. The zero-order chi connectivity index (χ0) is 14.3. The van der Waals surface area contributed by atoms with Crippen molar-refractivity contribution < 1.29 is 14.6 Å². The van der Waals surface area contributed by atoms with Gasteiger partial charge in [0.15, 0.2) is 0 Å². The second-order valence-corrected chi connectivity index (χ2v) is 6.53. The smallest absolute Gasteiger partial charge is 0.126 e. The van der Waals surface area contributed by atoms with Crippen molar-refractivity contribution in [2.24, 2.45) is 0 Å². The molecular weight excluding hydrogens is 264 g/mol. The van der Waals surface area contributed by atoms with E-state index in [4.69, 9.17) is 21.1 Å². The van der Waals surface area contributed by atoms with E-state index in [0.29, 0.717) is 23.6 Å². The Balaban J connectivity index is 2.27. The maximum atomic E-state index is 10.3. The molecule has 0 spiro atoms. The first-order chi connectivity index (χ1) is 8.75. The third-order valence-electron chi connectivity index (χ3n) is 3.66. The summed E-state index contributed by atoms with van der Waals surface area (Å²) in [6.45, 7) is 6.05. The lowest BCUT2D eigenvalue weighted by molar-refractivity contribution is -0.0746. The van der Waals surface area contributed by atoms with Gasteiger partial charge in [-0.1, -0.05) is 11.6 Å². The van der Waals surface area contributed by atoms with E-state index >= 15 is 0 Å². The van der Waals surface area contributed by atoms with Crippen molar-refractivity contribution in [2.75, 3.05) is 7.11 Å². The molecule has 4 heteroatoms. The fraction of sp³-hybridized carbons (Fsp3) is 0.600. The van der Waals surface area contributed by atoms with Crippen molar-refractivity contribution in [2.45, 2.75) is 50.9 Å². The average Bonchev–Trinajstić information content (AvgIpc) is 2.29. The van der Waals surface area contributed by atoms with Gasteiger partial charge in [-0.25, -0.2) is 0 Å². The zero-order valence-corrected chi connectivity index (χ0v) is 12.6. The van der Waals surface area contributed by atoms with Crippen LogP contribution in [0, 0.1) is 0 Å². The molecule has 2 atom stereocenters. The Morgan fingerprint density at radius 2 is 2.21 bits per heavy atom. The van der Waals surface area contributed by atoms with Crippen molar-refractivity contribution in [1.82, 2.24) is 0 Å². The van der Waals surface area contributed by atoms with Crippen LogP contribution in [0.2, 0.25) is 5.02 Å². The quantitative estimate of drug-likeness (QED) is 0.919. The molecule has 0 aliphatic carbocycles. The van der Waals surface area contributed by atoms with Gasteiger partial charge in [-0.15, -0.1) is 0 Å². The summed E-state index contributed by atoms with van der Waals surface area (Å²) in [6, 6.07) is 5.36. The summed E-state index contributed by atoms with van der Waals surface area (Å²) >= 11 is 5.96. The molecule has 2 rings (SSSR count). The van der Waals surface area contributed by atoms with Crippen molar-refractivity contribution in [3.05, 3.63) is 28.8 Å². The van der Waals surface area contributed by atoms with Crippen LogP contribution in [0.1, 0.15) is 45.3 Å². The molecule has 2 unspecified atom stereocenters. The first-order valence-electron chi connectivity index (χ1n) is 6.46. The van der Waals surface area contributed by atoms with Crippen LogP contribution in [-0.4, -0.2) is 23.4 Å². The SMILES string of the molecule is COC(C)(C)CC1(C)CC(O)c2cc(Cl)ccc2O1. The third-order valence-corrected chi connectivity index (χ3v) is 3.90. The molecule has 0 bridgehead atoms. The monoisotopic (exact) mass is 284 g/mol. The molecule has 106 valence electrons. The van der Waals surface area contributed by atoms with Gasteiger partial charge in [0.05, 0.1) is 11.7 Å². The number of methoxy groups -OCH3 is 1. The van der Waals surface area contributed by atoms with Crippen LogP contribution in [0.5, 0.6) is 5.75 Å². The molecule has 0 amide bonds. The third kappa shape index (κ3) is 3.22. The number of aliphatic hydroxyl groups is 1. The highest BCUT2D eigenvalue weighted by Gasteiger charge is 2.40. The van der Waals surface area contributed by atoms with Crippen LogP contribution in [0.25, 0.3) is 0 Å². The molecule has 0 radical (unpaired) electrons. The van der Waals surface area contributed by atoms with Gasteiger partial charge in [-0.3, -0.25) is 0 Å². The number of fused-ring (bicyclic) bond motifs is 1. The number of hydrogen-bond donors (Lipinski definition) is 1. The molecule has 3 nitrogen and oxygen atoms in total. The van der Waals surface area contributed by atoms with E-state index < -0.39 is 11.7 Å². The molecule has 0 aromatic heterocycles. The van der Waals surface area contributed by atoms with E-state index in [-0.39, 0.29) is 5.60 Å². The molecule has 1 aliphatic rings. The number of aliphatic hydroxyl groups excluding tert-OH is 1. The largest absolute Gasteiger partial charge is 0.487 e. The van der Waals surface area contributed by atoms with Gasteiger partial charge in [0.1, 0.15) is 11.4 Å². The Morgan fingerprint density at radius 3 is 2.84 bits per heavy atom. The Hall–Kier alpha value is -0.770. The van der Waals surface area contributed by atoms with Gasteiger partial charge < -0.3 is 14.6 Å². The van der Waals surface area contributed by atoms with Crippen LogP contribution in [-0.2, 0) is 4.74 Å². The fourth-order valence-electron chi connectivity index (χ4n) is 2.78. The van der Waals surface area contributed by atoms with Crippen LogP contribution in [0.15, 0.2) is 18.2 Å². The number of halogens is 1. The molecule has 1 heterocycles. The molecular formula is C15H21ClO3. The van der Waals surface area contributed by atoms with Crippen LogP contribution >= 0.6 is 11.6 Å². The van der Waals surface area contributed by atoms with Crippen molar-refractivity contribution in [1.29, 1.82) is 0 Å². The minimum atomic E-state index is -0.555. The lowest BCUT2D eigenvalue weighted by Gasteiger charge is -2.42. The molecule has 0 saturated heterocycles. The van der Waals surface area contributed by atoms with E-state index in [1.54, 1.807) is 19.2 Å². The Morgan fingerprint density at radius 1 is 1.53 bits per heavy atom. The lowest BCUT2D eigenvalue weighted by Crippen LogP contribution is -2.44. The number of rotatable bonds is 3. The predicted molar refractivity (Wildman–Crippen MR) is 75.8 cm³/mol. The van der Waals surface area contributed by atoms with Crippen LogP contribution in [0.4, 0.5) is 0 Å². The van der Waals surface area contributed by atoms with E-state index in [1.807, 2.05) is 26.8 Å². The van der Waals surface area contributed by atoms with Crippen molar-refractivity contribution in [3.8, 4) is 5.75 Å². The Bertz CT molecular complexity index is 472. The molecule has 1 aromatic carbocycles. The topological polar surface area (TPSA) is 38.7 Å². The van der Waals surface area contributed by atoms with E-state index in [2.05, 4.69) is 0 Å². The zero-order valence-electron chi connectivity index (χ0n) is 11.9. The maximum absolute atomic E-state index is 10.3. The number of ether oxygens (including phenoxy) is 2. The minimum Gasteiger partial charge on any atom is -0.487 e. The summed E-state index contributed by atoms with van der Waals surface area (Å²) in [7, 11) is 1.69. The molecule has 1 aliphatic heterocycles. The highest BCUT2D eigenvalue weighted by molar-refractivity contribution is 6.30. The lowest BCUT2D eigenvalue weighted by atomic mass is 9.82. The molecule has 1 aromatic rings. The second-order valence-electron chi connectivity index (χ2n) is 6.09. The van der Waals surface area contributed by atoms with Gasteiger partial charge in [-0.2, -0.15) is 0 Å². The first-order valence-corrected chi connectivity index (χ1v) is 6.84. The van der Waals surface area contributed by atoms with Crippen LogP contribution in [0.3, 0.4) is 0 Å². The van der Waals surface area contributed by atoms with Gasteiger partial charge in [-0.05, 0) is 39.0 Å². The fourth-order valence-corrected chi connectivity index (χ4v) is 2.96. The van der Waals surface area contributed by atoms with E-state index in [1.165, 1.54) is 0 Å². The first kappa shape index (κ1) is 14.6. The summed E-state index contributed by atoms with van der Waals surface area (Å²) in [5.74, 6) is 0.706. The van der Waals surface area contributed by atoms with Gasteiger partial charge >= 0.3 is 0 Å². The Labute approximate surface area is 119 Å². The summed E-state index contributed by atoms with van der Waals surface area (Å²) in [5.41, 5.74) is 0.0261. The highest BCUT2D eigenvalue weighted by Crippen LogP contribution is 2.43. The summed E-state index contributed by atoms with van der Waals surface area (Å²) in [6.07, 6.45) is 0.683. The average molecular weight is 285 g/mol. The normalized spacial score (nSPS) is 26.7. The van der Waals surface area contributed by atoms with Crippen molar-refractivity contribution in [3.63, 3.8) is 0 Å². The predicted octanol–water partition coefficient (Wildman–Crippen LogP) is 3.73. The summed E-state index contributed by atoms with van der Waals surface area (Å²) in [5, 5.41) is 10.9. The van der Waals surface area contributed by atoms with Gasteiger partial charge in [0, 0.05) is 30.5 Å². The summed E-state index contributed by atoms with van der Waals surface area (Å²) < 4.78 is 11.5. The molecule has 0 fully saturated rings. The van der Waals surface area contributed by atoms with Gasteiger partial charge in [0.2, 0.25) is 0 Å². The number of benzene rings is 1. The van der Waals surface area contributed by atoms with E-state index in [0.717, 1.165) is 5.56 Å².